The van der Waals surface area contributed by atoms with E-state index in [9.17, 15) is 9.59 Å². The molecular formula is C13H19N3O3S. The quantitative estimate of drug-likeness (QED) is 0.875. The van der Waals surface area contributed by atoms with Crippen molar-refractivity contribution in [3.63, 3.8) is 0 Å². The van der Waals surface area contributed by atoms with Gasteiger partial charge in [0.05, 0.1) is 13.2 Å². The Kier molecular flexibility index (Phi) is 4.18. The number of thiazole rings is 1. The molecule has 2 saturated heterocycles. The van der Waals surface area contributed by atoms with Gasteiger partial charge in [-0.05, 0) is 12.8 Å². The first-order valence-electron chi connectivity index (χ1n) is 7.03. The first kappa shape index (κ1) is 13.8. The van der Waals surface area contributed by atoms with Crippen LogP contribution in [0.5, 0.6) is 0 Å². The molecule has 1 N–H and O–H groups in total. The molecule has 0 bridgehead atoms. The van der Waals surface area contributed by atoms with Gasteiger partial charge in [0.1, 0.15) is 5.69 Å². The molecule has 6 nitrogen and oxygen atoms in total. The van der Waals surface area contributed by atoms with E-state index in [0.29, 0.717) is 5.69 Å². The maximum Gasteiger partial charge on any atom is 0.305 e. The van der Waals surface area contributed by atoms with Crippen LogP contribution in [0.4, 0.5) is 0 Å². The van der Waals surface area contributed by atoms with E-state index in [2.05, 4.69) is 9.88 Å². The summed E-state index contributed by atoms with van der Waals surface area (Å²) >= 11 is 1.04. The van der Waals surface area contributed by atoms with Crippen LogP contribution < -0.4 is 4.87 Å². The number of hydrogen-bond acceptors (Lipinski definition) is 5. The molecule has 1 aromatic rings. The van der Waals surface area contributed by atoms with Crippen molar-refractivity contribution in [2.24, 2.45) is 0 Å². The van der Waals surface area contributed by atoms with Gasteiger partial charge >= 0.3 is 4.87 Å². The lowest BCUT2D eigenvalue weighted by atomic mass is 10.2. The Morgan fingerprint density at radius 2 is 2.20 bits per heavy atom. The van der Waals surface area contributed by atoms with Crippen molar-refractivity contribution < 1.29 is 9.53 Å². The second kappa shape index (κ2) is 6.07. The second-order valence-electron chi connectivity index (χ2n) is 5.27. The summed E-state index contributed by atoms with van der Waals surface area (Å²) in [6.07, 6.45) is 2.08. The van der Waals surface area contributed by atoms with E-state index < -0.39 is 0 Å². The second-order valence-corrected chi connectivity index (χ2v) is 6.11. The van der Waals surface area contributed by atoms with Gasteiger partial charge in [0.15, 0.2) is 0 Å². The highest BCUT2D eigenvalue weighted by molar-refractivity contribution is 7.07. The molecule has 1 atom stereocenters. The number of hydrogen-bond donors (Lipinski definition) is 1. The van der Waals surface area contributed by atoms with Crippen LogP contribution in [0.25, 0.3) is 0 Å². The zero-order valence-electron chi connectivity index (χ0n) is 11.3. The molecule has 0 saturated carbocycles. The highest BCUT2D eigenvalue weighted by atomic mass is 32.1. The molecule has 3 heterocycles. The van der Waals surface area contributed by atoms with Crippen molar-refractivity contribution in [1.29, 1.82) is 0 Å². The number of ether oxygens (including phenoxy) is 1. The van der Waals surface area contributed by atoms with Gasteiger partial charge < -0.3 is 14.6 Å². The average Bonchev–Trinajstić information content (AvgIpc) is 3.08. The fourth-order valence-corrected chi connectivity index (χ4v) is 3.47. The van der Waals surface area contributed by atoms with E-state index in [4.69, 9.17) is 4.74 Å². The predicted octanol–water partition coefficient (Wildman–Crippen LogP) is 0.373. The molecule has 110 valence electrons. The summed E-state index contributed by atoms with van der Waals surface area (Å²) in [5.41, 5.74) is 0.425. The van der Waals surface area contributed by atoms with E-state index >= 15 is 0 Å². The lowest BCUT2D eigenvalue weighted by molar-refractivity contribution is 0.0260. The van der Waals surface area contributed by atoms with Crippen molar-refractivity contribution >= 4 is 17.2 Å². The van der Waals surface area contributed by atoms with Crippen LogP contribution in [0.2, 0.25) is 0 Å². The topological polar surface area (TPSA) is 65.6 Å². The zero-order chi connectivity index (χ0) is 13.9. The Morgan fingerprint density at radius 1 is 1.40 bits per heavy atom. The number of morpholine rings is 1. The van der Waals surface area contributed by atoms with Crippen LogP contribution in [0, 0.1) is 0 Å². The third kappa shape index (κ3) is 2.94. The maximum atomic E-state index is 12.4. The lowest BCUT2D eigenvalue weighted by Gasteiger charge is -2.32. The number of aromatic nitrogens is 1. The van der Waals surface area contributed by atoms with Crippen molar-refractivity contribution in [3.05, 3.63) is 20.7 Å². The van der Waals surface area contributed by atoms with Gasteiger partial charge in [-0.15, -0.1) is 0 Å². The van der Waals surface area contributed by atoms with Crippen molar-refractivity contribution in [1.82, 2.24) is 14.8 Å². The van der Waals surface area contributed by atoms with Gasteiger partial charge in [-0.3, -0.25) is 14.5 Å². The Hall–Kier alpha value is -1.18. The zero-order valence-corrected chi connectivity index (χ0v) is 12.2. The summed E-state index contributed by atoms with van der Waals surface area (Å²) in [6, 6.07) is 0.254. The number of carbonyl (C=O) groups is 1. The number of nitrogens with zero attached hydrogens (tertiary/aromatic N) is 2. The van der Waals surface area contributed by atoms with Crippen LogP contribution in [0.1, 0.15) is 23.3 Å². The Balaban J connectivity index is 1.65. The molecule has 0 aromatic carbocycles. The molecule has 2 aliphatic heterocycles. The molecule has 0 radical (unpaired) electrons. The standard InChI is InChI=1S/C13H19N3O3S/c17-12(11-9-20-13(18)14-11)16-3-1-2-10(16)8-15-4-6-19-7-5-15/h9-10H,1-8H2,(H,14,18)/t10-/m0/s1. The first-order chi connectivity index (χ1) is 9.74. The summed E-state index contributed by atoms with van der Waals surface area (Å²) in [5.74, 6) is -0.0425. The van der Waals surface area contributed by atoms with Crippen LogP contribution in [0.15, 0.2) is 10.2 Å². The number of nitrogens with one attached hydrogen (secondary N) is 1. The van der Waals surface area contributed by atoms with Crippen LogP contribution in [-0.4, -0.2) is 66.1 Å². The smallest absolute Gasteiger partial charge is 0.305 e. The molecule has 0 unspecified atom stereocenters. The first-order valence-corrected chi connectivity index (χ1v) is 7.91. The molecule has 20 heavy (non-hydrogen) atoms. The largest absolute Gasteiger partial charge is 0.379 e. The third-order valence-corrected chi connectivity index (χ3v) is 4.63. The van der Waals surface area contributed by atoms with E-state index in [1.165, 1.54) is 0 Å². The van der Waals surface area contributed by atoms with Gasteiger partial charge in [-0.1, -0.05) is 11.3 Å². The van der Waals surface area contributed by atoms with E-state index in [1.807, 2.05) is 4.90 Å². The summed E-state index contributed by atoms with van der Waals surface area (Å²) < 4.78 is 5.35. The van der Waals surface area contributed by atoms with E-state index in [-0.39, 0.29) is 16.8 Å². The Bertz CT molecular complexity index is 521. The molecule has 2 fully saturated rings. The third-order valence-electron chi connectivity index (χ3n) is 3.96. The van der Waals surface area contributed by atoms with Crippen LogP contribution >= 0.6 is 11.3 Å². The number of likely N-dealkylation sites (tertiary alicyclic amines) is 1. The van der Waals surface area contributed by atoms with Crippen LogP contribution in [-0.2, 0) is 4.74 Å². The molecule has 1 aromatic heterocycles. The number of rotatable bonds is 3. The molecule has 3 rings (SSSR count). The summed E-state index contributed by atoms with van der Waals surface area (Å²) in [5, 5.41) is 1.62. The van der Waals surface area contributed by atoms with Crippen LogP contribution in [0.3, 0.4) is 0 Å². The number of aromatic amines is 1. The minimum atomic E-state index is -0.169. The summed E-state index contributed by atoms with van der Waals surface area (Å²) in [4.78, 5) is 30.3. The van der Waals surface area contributed by atoms with Crippen molar-refractivity contribution in [3.8, 4) is 0 Å². The Labute approximate surface area is 121 Å². The van der Waals surface area contributed by atoms with E-state index in [0.717, 1.165) is 63.6 Å². The molecule has 1 amide bonds. The van der Waals surface area contributed by atoms with Crippen molar-refractivity contribution in [2.45, 2.75) is 18.9 Å². The van der Waals surface area contributed by atoms with Gasteiger partial charge in [0.25, 0.3) is 5.91 Å². The highest BCUT2D eigenvalue weighted by Gasteiger charge is 2.31. The monoisotopic (exact) mass is 297 g/mol. The summed E-state index contributed by atoms with van der Waals surface area (Å²) in [7, 11) is 0. The normalized spacial score (nSPS) is 24.2. The fraction of sp³-hybridized carbons (Fsp3) is 0.692. The fourth-order valence-electron chi connectivity index (χ4n) is 2.91. The number of carbonyl (C=O) groups excluding carboxylic acids is 1. The number of amides is 1. The van der Waals surface area contributed by atoms with Gasteiger partial charge in [0, 0.05) is 37.6 Å². The highest BCUT2D eigenvalue weighted by Crippen LogP contribution is 2.21. The molecule has 7 heteroatoms. The molecule has 0 spiro atoms. The average molecular weight is 297 g/mol. The maximum absolute atomic E-state index is 12.4. The Morgan fingerprint density at radius 3 is 2.90 bits per heavy atom. The summed E-state index contributed by atoms with van der Waals surface area (Å²) in [6.45, 7) is 5.12. The minimum Gasteiger partial charge on any atom is -0.379 e. The van der Waals surface area contributed by atoms with Gasteiger partial charge in [-0.25, -0.2) is 0 Å². The number of H-pyrrole nitrogens is 1. The molecule has 0 aliphatic carbocycles. The minimum absolute atomic E-state index is 0.0425. The molecular weight excluding hydrogens is 278 g/mol. The van der Waals surface area contributed by atoms with Gasteiger partial charge in [0.2, 0.25) is 0 Å². The lowest BCUT2D eigenvalue weighted by Crippen LogP contribution is -2.46. The van der Waals surface area contributed by atoms with Gasteiger partial charge in [-0.2, -0.15) is 0 Å². The van der Waals surface area contributed by atoms with Crippen molar-refractivity contribution in [2.75, 3.05) is 39.4 Å². The SMILES string of the molecule is O=C(c1csc(=O)[nH]1)N1CCC[C@H]1CN1CCOCC1. The molecule has 2 aliphatic rings. The van der Waals surface area contributed by atoms with E-state index in [1.54, 1.807) is 5.38 Å². The predicted molar refractivity (Wildman–Crippen MR) is 76.3 cm³/mol.